The van der Waals surface area contributed by atoms with E-state index in [9.17, 15) is 0 Å². The van der Waals surface area contributed by atoms with Gasteiger partial charge in [0.05, 0.1) is 0 Å². The average Bonchev–Trinajstić information content (AvgIpc) is 2.41. The van der Waals surface area contributed by atoms with Crippen LogP contribution in [0.5, 0.6) is 0 Å². The molecule has 1 atom stereocenters. The van der Waals surface area contributed by atoms with Crippen LogP contribution in [0.3, 0.4) is 0 Å². The van der Waals surface area contributed by atoms with Gasteiger partial charge in [-0.05, 0) is 25.3 Å². The van der Waals surface area contributed by atoms with Crippen molar-refractivity contribution >= 4 is 11.9 Å². The van der Waals surface area contributed by atoms with Crippen molar-refractivity contribution in [1.82, 2.24) is 4.31 Å². The van der Waals surface area contributed by atoms with E-state index in [1.54, 1.807) is 0 Å². The van der Waals surface area contributed by atoms with E-state index in [2.05, 4.69) is 39.0 Å². The first kappa shape index (κ1) is 19.3. The third-order valence-electron chi connectivity index (χ3n) is 4.10. The van der Waals surface area contributed by atoms with E-state index in [1.807, 2.05) is 11.9 Å². The Kier molecular flexibility index (Phi) is 12.3. The number of nitrogens with zero attached hydrogens (tertiary/aromatic N) is 1. The van der Waals surface area contributed by atoms with E-state index in [0.717, 1.165) is 6.54 Å². The van der Waals surface area contributed by atoms with Gasteiger partial charge in [0.15, 0.2) is 0 Å². The fourth-order valence-corrected chi connectivity index (χ4v) is 3.41. The van der Waals surface area contributed by atoms with Crippen LogP contribution in [0.15, 0.2) is 0 Å². The Morgan fingerprint density at radius 2 is 1.37 bits per heavy atom. The molecule has 0 aromatic heterocycles. The standard InChI is InChI=1S/C17H37NS/c1-6-9-11-13-15-17(4,14-12-10-7-2)16-19-18(5)8-3/h6-16H2,1-5H3. The van der Waals surface area contributed by atoms with Gasteiger partial charge in [-0.1, -0.05) is 84.6 Å². The van der Waals surface area contributed by atoms with Gasteiger partial charge in [-0.3, -0.25) is 4.31 Å². The second-order valence-electron chi connectivity index (χ2n) is 6.30. The maximum Gasteiger partial charge on any atom is 0.0135 e. The van der Waals surface area contributed by atoms with Crippen molar-refractivity contribution in [3.05, 3.63) is 0 Å². The van der Waals surface area contributed by atoms with Gasteiger partial charge in [-0.25, -0.2) is 0 Å². The molecule has 19 heavy (non-hydrogen) atoms. The topological polar surface area (TPSA) is 3.24 Å². The Balaban J connectivity index is 4.10. The highest BCUT2D eigenvalue weighted by Crippen LogP contribution is 2.35. The molecule has 0 saturated heterocycles. The van der Waals surface area contributed by atoms with Crippen molar-refractivity contribution in [1.29, 1.82) is 0 Å². The number of unbranched alkanes of at least 4 members (excludes halogenated alkanes) is 5. The van der Waals surface area contributed by atoms with E-state index < -0.39 is 0 Å². The molecule has 0 rings (SSSR count). The molecule has 0 bridgehead atoms. The fraction of sp³-hybridized carbons (Fsp3) is 1.00. The summed E-state index contributed by atoms with van der Waals surface area (Å²) in [4.78, 5) is 0. The summed E-state index contributed by atoms with van der Waals surface area (Å²) in [6.07, 6.45) is 12.6. The summed E-state index contributed by atoms with van der Waals surface area (Å²) in [5.41, 5.74) is 0.553. The lowest BCUT2D eigenvalue weighted by Crippen LogP contribution is -2.23. The molecule has 0 amide bonds. The largest absolute Gasteiger partial charge is 0.254 e. The van der Waals surface area contributed by atoms with Gasteiger partial charge in [0.25, 0.3) is 0 Å². The van der Waals surface area contributed by atoms with E-state index in [4.69, 9.17) is 0 Å². The van der Waals surface area contributed by atoms with Gasteiger partial charge in [0, 0.05) is 12.3 Å². The zero-order valence-corrected chi connectivity index (χ0v) is 15.0. The van der Waals surface area contributed by atoms with E-state index >= 15 is 0 Å². The van der Waals surface area contributed by atoms with Crippen LogP contribution < -0.4 is 0 Å². The van der Waals surface area contributed by atoms with Gasteiger partial charge in [0.1, 0.15) is 0 Å². The second kappa shape index (κ2) is 12.1. The summed E-state index contributed by atoms with van der Waals surface area (Å²) in [7, 11) is 2.22. The maximum absolute atomic E-state index is 2.52. The summed E-state index contributed by atoms with van der Waals surface area (Å²) < 4.78 is 2.38. The van der Waals surface area contributed by atoms with Gasteiger partial charge < -0.3 is 0 Å². The zero-order chi connectivity index (χ0) is 14.6. The summed E-state index contributed by atoms with van der Waals surface area (Å²) in [5, 5.41) is 0. The molecular formula is C17H37NS. The minimum Gasteiger partial charge on any atom is -0.254 e. The number of hydrogen-bond acceptors (Lipinski definition) is 2. The molecule has 0 aromatic carbocycles. The van der Waals surface area contributed by atoms with Crippen LogP contribution in [0, 0.1) is 5.41 Å². The molecule has 0 heterocycles. The quantitative estimate of drug-likeness (QED) is 0.295. The first-order chi connectivity index (χ1) is 9.08. The van der Waals surface area contributed by atoms with Crippen LogP contribution >= 0.6 is 11.9 Å². The first-order valence-corrected chi connectivity index (χ1v) is 9.36. The zero-order valence-electron chi connectivity index (χ0n) is 14.1. The number of hydrogen-bond donors (Lipinski definition) is 0. The Morgan fingerprint density at radius 3 is 1.89 bits per heavy atom. The first-order valence-electron chi connectivity index (χ1n) is 8.42. The Morgan fingerprint density at radius 1 is 0.842 bits per heavy atom. The van der Waals surface area contributed by atoms with Crippen molar-refractivity contribution in [3.8, 4) is 0 Å². The smallest absolute Gasteiger partial charge is 0.0135 e. The molecule has 0 fully saturated rings. The molecule has 1 nitrogen and oxygen atoms in total. The van der Waals surface area contributed by atoms with Crippen LogP contribution in [0.2, 0.25) is 0 Å². The molecule has 0 N–H and O–H groups in total. The van der Waals surface area contributed by atoms with Crippen molar-refractivity contribution < 1.29 is 0 Å². The molecule has 0 aliphatic heterocycles. The summed E-state index contributed by atoms with van der Waals surface area (Å²) in [5.74, 6) is 1.30. The highest BCUT2D eigenvalue weighted by molar-refractivity contribution is 7.97. The minimum atomic E-state index is 0.553. The Hall–Kier alpha value is 0.310. The summed E-state index contributed by atoms with van der Waals surface area (Å²) in [6, 6.07) is 0. The predicted octanol–water partition coefficient (Wildman–Crippen LogP) is 6.14. The minimum absolute atomic E-state index is 0.553. The second-order valence-corrected chi connectivity index (χ2v) is 7.47. The van der Waals surface area contributed by atoms with Gasteiger partial charge in [-0.2, -0.15) is 0 Å². The van der Waals surface area contributed by atoms with Crippen molar-refractivity contribution in [3.63, 3.8) is 0 Å². The summed E-state index contributed by atoms with van der Waals surface area (Å²) >= 11 is 2.04. The SMILES string of the molecule is CCCCCCC(C)(CCCCC)CSN(C)CC. The highest BCUT2D eigenvalue weighted by atomic mass is 32.2. The van der Waals surface area contributed by atoms with Crippen molar-refractivity contribution in [2.75, 3.05) is 19.3 Å². The monoisotopic (exact) mass is 287 g/mol. The molecule has 0 aromatic rings. The van der Waals surface area contributed by atoms with E-state index in [0.29, 0.717) is 5.41 Å². The van der Waals surface area contributed by atoms with Crippen LogP contribution in [0.25, 0.3) is 0 Å². The molecule has 116 valence electrons. The maximum atomic E-state index is 2.52. The molecule has 0 aliphatic rings. The molecule has 0 saturated carbocycles. The van der Waals surface area contributed by atoms with Crippen LogP contribution in [0.4, 0.5) is 0 Å². The molecule has 1 unspecified atom stereocenters. The van der Waals surface area contributed by atoms with Gasteiger partial charge >= 0.3 is 0 Å². The molecule has 0 spiro atoms. The van der Waals surface area contributed by atoms with Gasteiger partial charge in [-0.15, -0.1) is 0 Å². The third kappa shape index (κ3) is 10.7. The summed E-state index contributed by atoms with van der Waals surface area (Å²) in [6.45, 7) is 10.5. The molecular weight excluding hydrogens is 250 g/mol. The van der Waals surface area contributed by atoms with Crippen molar-refractivity contribution in [2.45, 2.75) is 85.5 Å². The normalized spacial score (nSPS) is 14.8. The van der Waals surface area contributed by atoms with E-state index in [1.165, 1.54) is 63.5 Å². The lowest BCUT2D eigenvalue weighted by molar-refractivity contribution is 0.289. The molecule has 0 radical (unpaired) electrons. The van der Waals surface area contributed by atoms with Gasteiger partial charge in [0.2, 0.25) is 0 Å². The average molecular weight is 288 g/mol. The lowest BCUT2D eigenvalue weighted by Gasteiger charge is -2.31. The highest BCUT2D eigenvalue weighted by Gasteiger charge is 2.24. The Bertz CT molecular complexity index is 196. The van der Waals surface area contributed by atoms with Crippen LogP contribution in [-0.4, -0.2) is 23.7 Å². The third-order valence-corrected chi connectivity index (χ3v) is 5.62. The lowest BCUT2D eigenvalue weighted by atomic mass is 9.81. The molecule has 2 heteroatoms. The van der Waals surface area contributed by atoms with Crippen molar-refractivity contribution in [2.24, 2.45) is 5.41 Å². The van der Waals surface area contributed by atoms with Crippen LogP contribution in [0.1, 0.15) is 85.5 Å². The Labute approximate surface area is 127 Å². The predicted molar refractivity (Wildman–Crippen MR) is 91.8 cm³/mol. The van der Waals surface area contributed by atoms with E-state index in [-0.39, 0.29) is 0 Å². The molecule has 0 aliphatic carbocycles. The van der Waals surface area contributed by atoms with Crippen LogP contribution in [-0.2, 0) is 0 Å². The fourth-order valence-electron chi connectivity index (χ4n) is 2.41. The number of rotatable bonds is 13.